The van der Waals surface area contributed by atoms with Gasteiger partial charge in [-0.2, -0.15) is 0 Å². The third-order valence-electron chi connectivity index (χ3n) is 4.68. The van der Waals surface area contributed by atoms with Crippen LogP contribution in [0.3, 0.4) is 0 Å². The highest BCUT2D eigenvalue weighted by Crippen LogP contribution is 2.24. The second-order valence-electron chi connectivity index (χ2n) is 6.66. The van der Waals surface area contributed by atoms with Crippen LogP contribution >= 0.6 is 0 Å². The molecule has 1 aliphatic heterocycles. The molecule has 0 bridgehead atoms. The van der Waals surface area contributed by atoms with Crippen LogP contribution in [0.5, 0.6) is 0 Å². The molecule has 1 aromatic rings. The molecule has 1 aliphatic carbocycles. The number of aliphatic hydroxyl groups excluding tert-OH is 1. The third kappa shape index (κ3) is 4.26. The van der Waals surface area contributed by atoms with Crippen molar-refractivity contribution in [1.29, 1.82) is 0 Å². The summed E-state index contributed by atoms with van der Waals surface area (Å²) in [6, 6.07) is 0.301. The Morgan fingerprint density at radius 3 is 2.74 bits per heavy atom. The number of amides is 1. The molecule has 2 heterocycles. The van der Waals surface area contributed by atoms with Gasteiger partial charge in [-0.25, -0.2) is 4.68 Å². The molecule has 1 saturated heterocycles. The molecule has 2 fully saturated rings. The zero-order chi connectivity index (χ0) is 16.2. The normalized spacial score (nSPS) is 21.3. The lowest BCUT2D eigenvalue weighted by Crippen LogP contribution is -2.45. The van der Waals surface area contributed by atoms with Crippen molar-refractivity contribution in [3.05, 3.63) is 5.82 Å². The van der Waals surface area contributed by atoms with Crippen molar-refractivity contribution in [2.45, 2.75) is 64.3 Å². The van der Waals surface area contributed by atoms with Crippen molar-refractivity contribution in [2.24, 2.45) is 5.92 Å². The standard InChI is InChI=1S/C15H26N6O2/c1-2-7-21-13(17-18-19-21)10-20-8-5-11(6-9-20)14(22)15(23)16-12-3-4-12/h11-12,14,22H,2-10H2,1H3,(H,16,23)/t14-/m1/s1. The number of hydrogen-bond acceptors (Lipinski definition) is 6. The lowest BCUT2D eigenvalue weighted by atomic mass is 9.90. The highest BCUT2D eigenvalue weighted by Gasteiger charge is 2.33. The predicted octanol–water partition coefficient (Wildman–Crippen LogP) is -0.0654. The highest BCUT2D eigenvalue weighted by molar-refractivity contribution is 5.81. The SMILES string of the molecule is CCCn1nnnc1CN1CCC([C@@H](O)C(=O)NC2CC2)CC1. The molecular formula is C15H26N6O2. The van der Waals surface area contributed by atoms with E-state index in [-0.39, 0.29) is 11.8 Å². The number of likely N-dealkylation sites (tertiary alicyclic amines) is 1. The topological polar surface area (TPSA) is 96.2 Å². The Labute approximate surface area is 136 Å². The van der Waals surface area contributed by atoms with Gasteiger partial charge in [-0.3, -0.25) is 9.69 Å². The Kier molecular flexibility index (Phi) is 5.22. The summed E-state index contributed by atoms with van der Waals surface area (Å²) in [6.45, 7) is 5.38. The largest absolute Gasteiger partial charge is 0.383 e. The lowest BCUT2D eigenvalue weighted by Gasteiger charge is -2.33. The maximum absolute atomic E-state index is 11.9. The molecule has 1 saturated carbocycles. The van der Waals surface area contributed by atoms with Gasteiger partial charge in [0.05, 0.1) is 6.54 Å². The van der Waals surface area contributed by atoms with Gasteiger partial charge in [-0.1, -0.05) is 6.92 Å². The average Bonchev–Trinajstić information content (AvgIpc) is 3.27. The molecule has 8 heteroatoms. The Morgan fingerprint density at radius 1 is 1.35 bits per heavy atom. The summed E-state index contributed by atoms with van der Waals surface area (Å²) in [5, 5.41) is 25.0. The molecule has 8 nitrogen and oxygen atoms in total. The van der Waals surface area contributed by atoms with E-state index >= 15 is 0 Å². The van der Waals surface area contributed by atoms with E-state index in [1.165, 1.54) is 0 Å². The van der Waals surface area contributed by atoms with Crippen LogP contribution < -0.4 is 5.32 Å². The van der Waals surface area contributed by atoms with E-state index in [0.29, 0.717) is 6.04 Å². The maximum atomic E-state index is 11.9. The number of carbonyl (C=O) groups is 1. The smallest absolute Gasteiger partial charge is 0.249 e. The summed E-state index contributed by atoms with van der Waals surface area (Å²) in [6.07, 6.45) is 3.88. The molecule has 23 heavy (non-hydrogen) atoms. The van der Waals surface area contributed by atoms with Crippen LogP contribution in [0, 0.1) is 5.92 Å². The van der Waals surface area contributed by atoms with Crippen LogP contribution in [-0.2, 0) is 17.9 Å². The quantitative estimate of drug-likeness (QED) is 0.730. The third-order valence-corrected chi connectivity index (χ3v) is 4.68. The van der Waals surface area contributed by atoms with Gasteiger partial charge in [0.2, 0.25) is 5.91 Å². The monoisotopic (exact) mass is 322 g/mol. The summed E-state index contributed by atoms with van der Waals surface area (Å²) in [5.41, 5.74) is 0. The van der Waals surface area contributed by atoms with Crippen molar-refractivity contribution >= 4 is 5.91 Å². The number of nitrogens with one attached hydrogen (secondary N) is 1. The molecule has 0 aromatic carbocycles. The fourth-order valence-corrected chi connectivity index (χ4v) is 3.08. The van der Waals surface area contributed by atoms with E-state index < -0.39 is 6.10 Å². The van der Waals surface area contributed by atoms with Gasteiger partial charge in [0.25, 0.3) is 0 Å². The Morgan fingerprint density at radius 2 is 2.09 bits per heavy atom. The van der Waals surface area contributed by atoms with Crippen molar-refractivity contribution in [2.75, 3.05) is 13.1 Å². The first kappa shape index (κ1) is 16.3. The van der Waals surface area contributed by atoms with Gasteiger partial charge in [-0.15, -0.1) is 5.10 Å². The number of nitrogens with zero attached hydrogens (tertiary/aromatic N) is 5. The molecule has 1 aromatic heterocycles. The van der Waals surface area contributed by atoms with E-state index in [2.05, 4.69) is 32.7 Å². The predicted molar refractivity (Wildman–Crippen MR) is 83.3 cm³/mol. The van der Waals surface area contributed by atoms with E-state index in [1.54, 1.807) is 0 Å². The molecule has 0 radical (unpaired) electrons. The molecule has 1 atom stereocenters. The number of carbonyl (C=O) groups excluding carboxylic acids is 1. The minimum Gasteiger partial charge on any atom is -0.383 e. The van der Waals surface area contributed by atoms with Crippen LogP contribution in [0.4, 0.5) is 0 Å². The van der Waals surface area contributed by atoms with Crippen molar-refractivity contribution in [1.82, 2.24) is 30.4 Å². The molecule has 0 spiro atoms. The second kappa shape index (κ2) is 7.35. The summed E-state index contributed by atoms with van der Waals surface area (Å²) >= 11 is 0. The molecule has 1 amide bonds. The molecule has 2 aliphatic rings. The van der Waals surface area contributed by atoms with Crippen molar-refractivity contribution < 1.29 is 9.90 Å². The maximum Gasteiger partial charge on any atom is 0.249 e. The summed E-state index contributed by atoms with van der Waals surface area (Å²) in [5.74, 6) is 0.742. The fourth-order valence-electron chi connectivity index (χ4n) is 3.08. The van der Waals surface area contributed by atoms with Crippen LogP contribution in [0.15, 0.2) is 0 Å². The number of aromatic nitrogens is 4. The number of tetrazole rings is 1. The lowest BCUT2D eigenvalue weighted by molar-refractivity contribution is -0.133. The zero-order valence-electron chi connectivity index (χ0n) is 13.7. The Bertz CT molecular complexity index is 522. The number of rotatable bonds is 7. The first-order valence-electron chi connectivity index (χ1n) is 8.63. The van der Waals surface area contributed by atoms with Crippen LogP contribution in [0.25, 0.3) is 0 Å². The molecule has 3 rings (SSSR count). The van der Waals surface area contributed by atoms with Gasteiger partial charge in [0, 0.05) is 12.6 Å². The van der Waals surface area contributed by atoms with Crippen molar-refractivity contribution in [3.63, 3.8) is 0 Å². The van der Waals surface area contributed by atoms with E-state index in [9.17, 15) is 9.90 Å². The Balaban J connectivity index is 1.46. The van der Waals surface area contributed by atoms with Crippen LogP contribution in [0.1, 0.15) is 44.9 Å². The van der Waals surface area contributed by atoms with Gasteiger partial charge in [0.1, 0.15) is 6.10 Å². The van der Waals surface area contributed by atoms with Gasteiger partial charge >= 0.3 is 0 Å². The van der Waals surface area contributed by atoms with E-state index in [1.807, 2.05) is 4.68 Å². The summed E-state index contributed by atoms with van der Waals surface area (Å²) in [7, 11) is 0. The number of aliphatic hydroxyl groups is 1. The van der Waals surface area contributed by atoms with Gasteiger partial charge in [-0.05, 0) is 61.5 Å². The van der Waals surface area contributed by atoms with E-state index in [4.69, 9.17) is 0 Å². The van der Waals surface area contributed by atoms with Crippen LogP contribution in [-0.4, -0.2) is 61.4 Å². The number of hydrogen-bond donors (Lipinski definition) is 2. The van der Waals surface area contributed by atoms with E-state index in [0.717, 1.165) is 64.1 Å². The van der Waals surface area contributed by atoms with Gasteiger partial charge in [0.15, 0.2) is 5.82 Å². The number of aryl methyl sites for hydroxylation is 1. The average molecular weight is 322 g/mol. The summed E-state index contributed by atoms with van der Waals surface area (Å²) in [4.78, 5) is 14.2. The second-order valence-corrected chi connectivity index (χ2v) is 6.66. The zero-order valence-corrected chi connectivity index (χ0v) is 13.7. The first-order chi connectivity index (χ1) is 11.2. The fraction of sp³-hybridized carbons (Fsp3) is 0.867. The minimum atomic E-state index is -0.872. The minimum absolute atomic E-state index is 0.0524. The highest BCUT2D eigenvalue weighted by atomic mass is 16.3. The molecule has 2 N–H and O–H groups in total. The van der Waals surface area contributed by atoms with Crippen LogP contribution in [0.2, 0.25) is 0 Å². The first-order valence-corrected chi connectivity index (χ1v) is 8.63. The molecular weight excluding hydrogens is 296 g/mol. The number of piperidine rings is 1. The van der Waals surface area contributed by atoms with Gasteiger partial charge < -0.3 is 10.4 Å². The molecule has 128 valence electrons. The Hall–Kier alpha value is -1.54. The molecule has 0 unspecified atom stereocenters. The van der Waals surface area contributed by atoms with Crippen molar-refractivity contribution in [3.8, 4) is 0 Å². The summed E-state index contributed by atoms with van der Waals surface area (Å²) < 4.78 is 1.85.